The lowest BCUT2D eigenvalue weighted by molar-refractivity contribution is -0.384. The van der Waals surface area contributed by atoms with Gasteiger partial charge in [-0.1, -0.05) is 60.7 Å². The Kier molecular flexibility index (Phi) is 11.1. The van der Waals surface area contributed by atoms with Gasteiger partial charge in [-0.3, -0.25) is 19.7 Å². The first-order valence-electron chi connectivity index (χ1n) is 12.4. The van der Waals surface area contributed by atoms with Crippen LogP contribution in [0.2, 0.25) is 0 Å². The molecule has 0 N–H and O–H groups in total. The van der Waals surface area contributed by atoms with Crippen molar-refractivity contribution in [3.63, 3.8) is 0 Å². The van der Waals surface area contributed by atoms with Crippen LogP contribution >= 0.6 is 0 Å². The molecule has 39 heavy (non-hydrogen) atoms. The number of nitro groups is 1. The van der Waals surface area contributed by atoms with Gasteiger partial charge in [0, 0.05) is 38.1 Å². The number of hydrogen-bond donors (Lipinski definition) is 0. The summed E-state index contributed by atoms with van der Waals surface area (Å²) in [5.74, 6) is -0.924. The Balaban J connectivity index is 1.57. The molecule has 10 nitrogen and oxygen atoms in total. The van der Waals surface area contributed by atoms with Gasteiger partial charge in [0.1, 0.15) is 13.2 Å². The molecule has 3 aromatic rings. The molecule has 0 amide bonds. The second-order valence-corrected chi connectivity index (χ2v) is 10.6. The predicted octanol–water partition coefficient (Wildman–Crippen LogP) is 4.63. The molecular formula is C28H30N2O8S. The fourth-order valence-electron chi connectivity index (χ4n) is 3.66. The number of nitrogens with zero attached hydrogens (tertiary/aromatic N) is 2. The van der Waals surface area contributed by atoms with Gasteiger partial charge in [0.15, 0.2) is 0 Å². The quantitative estimate of drug-likeness (QED) is 0.151. The minimum Gasteiger partial charge on any atom is -0.461 e. The van der Waals surface area contributed by atoms with Crippen molar-refractivity contribution in [1.82, 2.24) is 4.31 Å². The largest absolute Gasteiger partial charge is 0.461 e. The molecule has 0 fully saturated rings. The van der Waals surface area contributed by atoms with Crippen molar-refractivity contribution in [1.29, 1.82) is 0 Å². The molecule has 0 saturated heterocycles. The summed E-state index contributed by atoms with van der Waals surface area (Å²) in [6.45, 7) is 0.239. The van der Waals surface area contributed by atoms with Crippen LogP contribution in [0.5, 0.6) is 0 Å². The molecule has 0 bridgehead atoms. The zero-order valence-electron chi connectivity index (χ0n) is 21.3. The van der Waals surface area contributed by atoms with E-state index >= 15 is 0 Å². The van der Waals surface area contributed by atoms with Gasteiger partial charge in [-0.25, -0.2) is 8.42 Å². The van der Waals surface area contributed by atoms with Crippen molar-refractivity contribution in [2.45, 2.75) is 43.8 Å². The maximum atomic E-state index is 13.3. The van der Waals surface area contributed by atoms with Crippen LogP contribution in [0.25, 0.3) is 0 Å². The first-order valence-corrected chi connectivity index (χ1v) is 13.8. The average molecular weight is 555 g/mol. The van der Waals surface area contributed by atoms with Gasteiger partial charge in [0.05, 0.1) is 9.82 Å². The molecule has 0 heterocycles. The smallest absolute Gasteiger partial charge is 0.306 e. The topological polar surface area (TPSA) is 133 Å². The summed E-state index contributed by atoms with van der Waals surface area (Å²) in [5, 5.41) is 11.0. The van der Waals surface area contributed by atoms with E-state index in [4.69, 9.17) is 9.47 Å². The lowest BCUT2D eigenvalue weighted by Gasteiger charge is -2.22. The molecule has 3 rings (SSSR count). The Morgan fingerprint density at radius 1 is 0.718 bits per heavy atom. The van der Waals surface area contributed by atoms with Crippen LogP contribution in [0.15, 0.2) is 89.8 Å². The van der Waals surface area contributed by atoms with E-state index in [2.05, 4.69) is 0 Å². The predicted molar refractivity (Wildman–Crippen MR) is 143 cm³/mol. The van der Waals surface area contributed by atoms with Gasteiger partial charge in [0.25, 0.3) is 5.69 Å². The van der Waals surface area contributed by atoms with E-state index in [1.807, 2.05) is 60.7 Å². The number of carbonyl (C=O) groups excluding carboxylic acids is 2. The van der Waals surface area contributed by atoms with Crippen molar-refractivity contribution < 1.29 is 32.4 Å². The van der Waals surface area contributed by atoms with Crippen LogP contribution in [-0.2, 0) is 42.3 Å². The molecule has 0 aliphatic heterocycles. The van der Waals surface area contributed by atoms with Crippen LogP contribution in [0.3, 0.4) is 0 Å². The number of rotatable bonds is 15. The van der Waals surface area contributed by atoms with E-state index in [9.17, 15) is 28.1 Å². The highest BCUT2D eigenvalue weighted by molar-refractivity contribution is 7.89. The number of ether oxygens (including phenoxy) is 2. The van der Waals surface area contributed by atoms with Gasteiger partial charge in [-0.05, 0) is 36.1 Å². The minimum atomic E-state index is -4.04. The summed E-state index contributed by atoms with van der Waals surface area (Å²) >= 11 is 0. The van der Waals surface area contributed by atoms with Crippen molar-refractivity contribution in [3.8, 4) is 0 Å². The lowest BCUT2D eigenvalue weighted by Crippen LogP contribution is -2.33. The zero-order valence-corrected chi connectivity index (χ0v) is 22.1. The highest BCUT2D eigenvalue weighted by atomic mass is 32.2. The van der Waals surface area contributed by atoms with Crippen molar-refractivity contribution >= 4 is 27.6 Å². The number of carbonyl (C=O) groups is 2. The van der Waals surface area contributed by atoms with Gasteiger partial charge in [0.2, 0.25) is 10.0 Å². The average Bonchev–Trinajstić information content (AvgIpc) is 2.95. The Labute approximate surface area is 227 Å². The summed E-state index contributed by atoms with van der Waals surface area (Å²) in [6, 6.07) is 22.9. The number of non-ortho nitro benzene ring substituents is 1. The molecule has 0 aliphatic rings. The Morgan fingerprint density at radius 3 is 1.56 bits per heavy atom. The molecule has 0 atom stereocenters. The van der Waals surface area contributed by atoms with Gasteiger partial charge >= 0.3 is 11.9 Å². The number of nitro benzene ring substituents is 1. The molecule has 206 valence electrons. The molecule has 0 spiro atoms. The monoisotopic (exact) mass is 554 g/mol. The highest BCUT2D eigenvalue weighted by Crippen LogP contribution is 2.21. The number of hydrogen-bond acceptors (Lipinski definition) is 8. The second-order valence-electron chi connectivity index (χ2n) is 8.65. The SMILES string of the molecule is O=C(CCCN(CCCC(=O)OCc1ccccc1)S(=O)(=O)c1ccc([N+](=O)[O-])cc1)OCc1ccccc1. The summed E-state index contributed by atoms with van der Waals surface area (Å²) in [6.07, 6.45) is 0.382. The third kappa shape index (κ3) is 9.62. The molecule has 11 heteroatoms. The molecule has 0 radical (unpaired) electrons. The first kappa shape index (κ1) is 29.5. The number of benzene rings is 3. The van der Waals surface area contributed by atoms with E-state index in [1.54, 1.807) is 0 Å². The van der Waals surface area contributed by atoms with Crippen LogP contribution in [0.4, 0.5) is 5.69 Å². The summed E-state index contributed by atoms with van der Waals surface area (Å²) in [7, 11) is -4.04. The van der Waals surface area contributed by atoms with Crippen molar-refractivity contribution in [2.24, 2.45) is 0 Å². The fraction of sp³-hybridized carbons (Fsp3) is 0.286. The standard InChI is InChI=1S/C28H30N2O8S/c31-27(37-21-23-9-3-1-4-10-23)13-7-19-29(39(35,36)26-17-15-25(16-18-26)30(33)34)20-8-14-28(32)38-22-24-11-5-2-6-12-24/h1-6,9-12,15-18H,7-8,13-14,19-22H2. The lowest BCUT2D eigenvalue weighted by atomic mass is 10.2. The van der Waals surface area contributed by atoms with Gasteiger partial charge in [-0.2, -0.15) is 4.31 Å². The van der Waals surface area contributed by atoms with Crippen LogP contribution in [0.1, 0.15) is 36.8 Å². The fourth-order valence-corrected chi connectivity index (χ4v) is 5.18. The minimum absolute atomic E-state index is 0.00117. The van der Waals surface area contributed by atoms with Crippen LogP contribution < -0.4 is 0 Å². The van der Waals surface area contributed by atoms with E-state index in [0.717, 1.165) is 23.3 Å². The summed E-state index contributed by atoms with van der Waals surface area (Å²) < 4.78 is 38.3. The van der Waals surface area contributed by atoms with E-state index in [1.165, 1.54) is 16.4 Å². The van der Waals surface area contributed by atoms with E-state index in [0.29, 0.717) is 0 Å². The first-order chi connectivity index (χ1) is 18.8. The molecule has 0 aromatic heterocycles. The summed E-state index contributed by atoms with van der Waals surface area (Å²) in [5.41, 5.74) is 1.45. The third-order valence-corrected chi connectivity index (χ3v) is 7.66. The van der Waals surface area contributed by atoms with Gasteiger partial charge < -0.3 is 9.47 Å². The normalized spacial score (nSPS) is 11.2. The Morgan fingerprint density at radius 2 is 1.15 bits per heavy atom. The summed E-state index contributed by atoms with van der Waals surface area (Å²) in [4.78, 5) is 34.6. The molecular weight excluding hydrogens is 524 g/mol. The second kappa shape index (κ2) is 14.7. The molecule has 0 unspecified atom stereocenters. The number of sulfonamides is 1. The Hall–Kier alpha value is -4.09. The third-order valence-electron chi connectivity index (χ3n) is 5.75. The van der Waals surface area contributed by atoms with Crippen molar-refractivity contribution in [2.75, 3.05) is 13.1 Å². The van der Waals surface area contributed by atoms with E-state index in [-0.39, 0.29) is 62.6 Å². The highest BCUT2D eigenvalue weighted by Gasteiger charge is 2.25. The maximum absolute atomic E-state index is 13.3. The Bertz CT molecular complexity index is 1270. The van der Waals surface area contributed by atoms with Crippen LogP contribution in [-0.4, -0.2) is 42.7 Å². The zero-order chi connectivity index (χ0) is 28.1. The van der Waals surface area contributed by atoms with Crippen LogP contribution in [0, 0.1) is 10.1 Å². The molecule has 3 aromatic carbocycles. The maximum Gasteiger partial charge on any atom is 0.306 e. The molecule has 0 aliphatic carbocycles. The van der Waals surface area contributed by atoms with Gasteiger partial charge in [-0.15, -0.1) is 0 Å². The van der Waals surface area contributed by atoms with Crippen molar-refractivity contribution in [3.05, 3.63) is 106 Å². The van der Waals surface area contributed by atoms with E-state index < -0.39 is 26.9 Å². The molecule has 0 saturated carbocycles. The number of esters is 2.